The number of hydrogen-bond donors (Lipinski definition) is 2. The van der Waals surface area contributed by atoms with Gasteiger partial charge in [-0.25, -0.2) is 4.68 Å². The Bertz CT molecular complexity index is 500. The number of aliphatic hydroxyl groups is 1. The summed E-state index contributed by atoms with van der Waals surface area (Å²) in [6, 6.07) is 0. The van der Waals surface area contributed by atoms with Crippen LogP contribution in [0.15, 0.2) is 6.33 Å². The Hall–Kier alpha value is -1.58. The topological polar surface area (TPSA) is 119 Å². The lowest BCUT2D eigenvalue weighted by Gasteiger charge is -2.56. The lowest BCUT2D eigenvalue weighted by Crippen LogP contribution is -2.63. The molecule has 3 rings (SSSR count). The van der Waals surface area contributed by atoms with Crippen molar-refractivity contribution in [3.05, 3.63) is 6.33 Å². The van der Waals surface area contributed by atoms with E-state index in [0.717, 1.165) is 12.8 Å². The van der Waals surface area contributed by atoms with E-state index in [9.17, 15) is 9.90 Å². The average molecular weight is 310 g/mol. The van der Waals surface area contributed by atoms with Crippen molar-refractivity contribution in [3.63, 3.8) is 0 Å². The molecule has 0 aromatic carbocycles. The smallest absolute Gasteiger partial charge is 0.244 e. The monoisotopic (exact) mass is 310 g/mol. The molecule has 1 spiro atoms. The van der Waals surface area contributed by atoms with Crippen LogP contribution in [0.2, 0.25) is 0 Å². The fourth-order valence-corrected chi connectivity index (χ4v) is 3.49. The van der Waals surface area contributed by atoms with Crippen LogP contribution >= 0.6 is 0 Å². The van der Waals surface area contributed by atoms with Gasteiger partial charge in [-0.3, -0.25) is 4.79 Å². The number of tetrazole rings is 1. The fourth-order valence-electron chi connectivity index (χ4n) is 3.49. The first-order valence-corrected chi connectivity index (χ1v) is 7.64. The highest BCUT2D eigenvalue weighted by atomic mass is 16.5. The van der Waals surface area contributed by atoms with Gasteiger partial charge in [-0.15, -0.1) is 5.10 Å². The van der Waals surface area contributed by atoms with Crippen molar-refractivity contribution < 1.29 is 14.6 Å². The first-order chi connectivity index (χ1) is 10.7. The Morgan fingerprint density at radius 1 is 1.45 bits per heavy atom. The number of carbonyl (C=O) groups is 1. The maximum absolute atomic E-state index is 12.2. The molecule has 9 nitrogen and oxygen atoms in total. The van der Waals surface area contributed by atoms with Crippen LogP contribution in [0, 0.1) is 5.41 Å². The lowest BCUT2D eigenvalue weighted by molar-refractivity contribution is -0.210. The van der Waals surface area contributed by atoms with E-state index in [-0.39, 0.29) is 30.1 Å². The standard InChI is InChI=1S/C13H22N6O3/c14-3-6-22-11-7-10(20)13(11)1-4-18(5-2-13)12(21)8-19-9-15-16-17-19/h9-11,20H,1-8,14H2/t10-,11+/m1/s1. The number of carbonyl (C=O) groups excluding carboxylic acids is 1. The van der Waals surface area contributed by atoms with Gasteiger partial charge in [-0.2, -0.15) is 0 Å². The zero-order valence-corrected chi connectivity index (χ0v) is 12.5. The van der Waals surface area contributed by atoms with Crippen molar-refractivity contribution in [1.29, 1.82) is 0 Å². The molecule has 22 heavy (non-hydrogen) atoms. The van der Waals surface area contributed by atoms with E-state index in [1.807, 2.05) is 0 Å². The van der Waals surface area contributed by atoms with Crippen molar-refractivity contribution >= 4 is 5.91 Å². The zero-order valence-electron chi connectivity index (χ0n) is 12.5. The largest absolute Gasteiger partial charge is 0.392 e. The van der Waals surface area contributed by atoms with Gasteiger partial charge in [0.1, 0.15) is 12.9 Å². The Labute approximate surface area is 128 Å². The highest BCUT2D eigenvalue weighted by Crippen LogP contribution is 2.50. The van der Waals surface area contributed by atoms with E-state index < -0.39 is 0 Å². The van der Waals surface area contributed by atoms with Crippen LogP contribution in [0.4, 0.5) is 0 Å². The van der Waals surface area contributed by atoms with E-state index >= 15 is 0 Å². The van der Waals surface area contributed by atoms with Gasteiger partial charge in [0.05, 0.1) is 18.8 Å². The molecule has 0 bridgehead atoms. The maximum Gasteiger partial charge on any atom is 0.244 e. The van der Waals surface area contributed by atoms with Gasteiger partial charge in [0.25, 0.3) is 0 Å². The molecule has 2 heterocycles. The van der Waals surface area contributed by atoms with Crippen LogP contribution in [0.25, 0.3) is 0 Å². The van der Waals surface area contributed by atoms with Gasteiger partial charge < -0.3 is 20.5 Å². The minimum atomic E-state index is -0.341. The summed E-state index contributed by atoms with van der Waals surface area (Å²) in [5.74, 6) is -0.00427. The van der Waals surface area contributed by atoms with Crippen molar-refractivity contribution in [1.82, 2.24) is 25.1 Å². The molecular weight excluding hydrogens is 288 g/mol. The summed E-state index contributed by atoms with van der Waals surface area (Å²) in [5, 5.41) is 20.9. The molecule has 1 amide bonds. The number of hydrogen-bond acceptors (Lipinski definition) is 7. The maximum atomic E-state index is 12.2. The molecule has 2 atom stereocenters. The number of likely N-dealkylation sites (tertiary alicyclic amines) is 1. The molecule has 1 aliphatic heterocycles. The second kappa shape index (κ2) is 6.27. The minimum absolute atomic E-state index is 0.00427. The molecule has 1 aromatic rings. The summed E-state index contributed by atoms with van der Waals surface area (Å²) >= 11 is 0. The Morgan fingerprint density at radius 3 is 2.82 bits per heavy atom. The number of ether oxygens (including phenoxy) is 1. The van der Waals surface area contributed by atoms with E-state index in [0.29, 0.717) is 32.7 Å². The molecule has 9 heteroatoms. The van der Waals surface area contributed by atoms with Gasteiger partial charge in [0, 0.05) is 31.5 Å². The Morgan fingerprint density at radius 2 is 2.23 bits per heavy atom. The fraction of sp³-hybridized carbons (Fsp3) is 0.846. The highest BCUT2D eigenvalue weighted by Gasteiger charge is 2.56. The number of aromatic nitrogens is 4. The third kappa shape index (κ3) is 2.71. The summed E-state index contributed by atoms with van der Waals surface area (Å²) in [6.07, 6.45) is 3.32. The molecular formula is C13H22N6O3. The van der Waals surface area contributed by atoms with E-state index in [2.05, 4.69) is 15.5 Å². The van der Waals surface area contributed by atoms with E-state index in [1.54, 1.807) is 4.90 Å². The number of aliphatic hydroxyl groups excluding tert-OH is 1. The second-order valence-corrected chi connectivity index (χ2v) is 6.02. The minimum Gasteiger partial charge on any atom is -0.392 e. The summed E-state index contributed by atoms with van der Waals surface area (Å²) in [6.45, 7) is 2.40. The van der Waals surface area contributed by atoms with E-state index in [4.69, 9.17) is 10.5 Å². The summed E-state index contributed by atoms with van der Waals surface area (Å²) in [7, 11) is 0. The summed E-state index contributed by atoms with van der Waals surface area (Å²) < 4.78 is 7.17. The number of rotatable bonds is 5. The van der Waals surface area contributed by atoms with Gasteiger partial charge in [0.2, 0.25) is 5.91 Å². The van der Waals surface area contributed by atoms with Crippen LogP contribution < -0.4 is 5.73 Å². The molecule has 122 valence electrons. The third-order valence-corrected chi connectivity index (χ3v) is 4.91. The van der Waals surface area contributed by atoms with Crippen LogP contribution in [-0.2, 0) is 16.1 Å². The molecule has 1 aromatic heterocycles. The molecule has 1 saturated carbocycles. The van der Waals surface area contributed by atoms with Crippen molar-refractivity contribution in [2.75, 3.05) is 26.2 Å². The van der Waals surface area contributed by atoms with Crippen LogP contribution in [0.5, 0.6) is 0 Å². The predicted octanol–water partition coefficient (Wildman–Crippen LogP) is -1.61. The van der Waals surface area contributed by atoms with Gasteiger partial charge in [-0.1, -0.05) is 0 Å². The second-order valence-electron chi connectivity index (χ2n) is 6.02. The van der Waals surface area contributed by atoms with E-state index in [1.165, 1.54) is 11.0 Å². The zero-order chi connectivity index (χ0) is 15.6. The Balaban J connectivity index is 1.54. The predicted molar refractivity (Wildman–Crippen MR) is 75.5 cm³/mol. The SMILES string of the molecule is NCCO[C@H]1C[C@@H](O)C12CCN(C(=O)Cn1cnnn1)CC2. The highest BCUT2D eigenvalue weighted by molar-refractivity contribution is 5.76. The average Bonchev–Trinajstić information content (AvgIpc) is 3.04. The Kier molecular flexibility index (Phi) is 4.37. The molecule has 0 radical (unpaired) electrons. The molecule has 1 saturated heterocycles. The van der Waals surface area contributed by atoms with Crippen LogP contribution in [0.1, 0.15) is 19.3 Å². The van der Waals surface area contributed by atoms with Gasteiger partial charge in [0.15, 0.2) is 0 Å². The molecule has 0 unspecified atom stereocenters. The molecule has 2 aliphatic rings. The molecule has 2 fully saturated rings. The van der Waals surface area contributed by atoms with Gasteiger partial charge >= 0.3 is 0 Å². The number of nitrogens with two attached hydrogens (primary N) is 1. The first kappa shape index (κ1) is 15.3. The molecule has 3 N–H and O–H groups in total. The van der Waals surface area contributed by atoms with Crippen molar-refractivity contribution in [2.24, 2.45) is 11.1 Å². The third-order valence-electron chi connectivity index (χ3n) is 4.91. The lowest BCUT2D eigenvalue weighted by atomic mass is 9.58. The van der Waals surface area contributed by atoms with Crippen LogP contribution in [-0.4, -0.2) is 74.6 Å². The first-order valence-electron chi connectivity index (χ1n) is 7.64. The number of piperidine rings is 1. The van der Waals surface area contributed by atoms with Crippen molar-refractivity contribution in [3.8, 4) is 0 Å². The number of amides is 1. The normalized spacial score (nSPS) is 26.9. The summed E-state index contributed by atoms with van der Waals surface area (Å²) in [5.41, 5.74) is 5.27. The quantitative estimate of drug-likeness (QED) is 0.671. The van der Waals surface area contributed by atoms with Gasteiger partial charge in [-0.05, 0) is 23.3 Å². The number of nitrogens with zero attached hydrogens (tertiary/aromatic N) is 5. The van der Waals surface area contributed by atoms with Crippen LogP contribution in [0.3, 0.4) is 0 Å². The molecule has 1 aliphatic carbocycles. The summed E-state index contributed by atoms with van der Waals surface area (Å²) in [4.78, 5) is 14.0. The van der Waals surface area contributed by atoms with Crippen molar-refractivity contribution in [2.45, 2.75) is 38.0 Å².